The van der Waals surface area contributed by atoms with Crippen LogP contribution in [-0.4, -0.2) is 59.6 Å². The van der Waals surface area contributed by atoms with Crippen LogP contribution in [0, 0.1) is 10.1 Å². The van der Waals surface area contributed by atoms with Gasteiger partial charge in [0.1, 0.15) is 9.09 Å². The molecule has 0 radical (unpaired) electrons. The molecule has 3 heterocycles. The maximum atomic E-state index is 12.8. The summed E-state index contributed by atoms with van der Waals surface area (Å²) >= 11 is 14.3. The second-order valence-electron chi connectivity index (χ2n) is 6.28. The highest BCUT2D eigenvalue weighted by Gasteiger charge is 2.34. The fraction of sp³-hybridized carbons (Fsp3) is 0.412. The van der Waals surface area contributed by atoms with Crippen LogP contribution in [0.25, 0.3) is 0 Å². The lowest BCUT2D eigenvalue weighted by Gasteiger charge is -2.17. The smallest absolute Gasteiger partial charge is 0.294 e. The van der Waals surface area contributed by atoms with E-state index in [9.17, 15) is 14.9 Å². The van der Waals surface area contributed by atoms with E-state index in [4.69, 9.17) is 27.9 Å². The Morgan fingerprint density at radius 3 is 2.72 bits per heavy atom. The highest BCUT2D eigenvalue weighted by atomic mass is 35.5. The lowest BCUT2D eigenvalue weighted by molar-refractivity contribution is -0.387. The molecule has 2 aromatic heterocycles. The monoisotopic (exact) mass is 476 g/mol. The molecule has 1 aliphatic rings. The first-order chi connectivity index (χ1) is 13.8. The van der Waals surface area contributed by atoms with Crippen molar-refractivity contribution in [2.24, 2.45) is 0 Å². The molecule has 0 aliphatic carbocycles. The van der Waals surface area contributed by atoms with Crippen LogP contribution in [0.2, 0.25) is 10.0 Å². The van der Waals surface area contributed by atoms with Gasteiger partial charge in [-0.05, 0) is 6.54 Å². The summed E-state index contributed by atoms with van der Waals surface area (Å²) in [4.78, 5) is 30.5. The normalized spacial score (nSPS) is 19.4. The van der Waals surface area contributed by atoms with Gasteiger partial charge in [-0.1, -0.05) is 41.9 Å². The van der Waals surface area contributed by atoms with Gasteiger partial charge in [0.25, 0.3) is 11.6 Å². The molecule has 3 rings (SSSR count). The molecule has 1 fully saturated rings. The number of nitrogens with zero attached hydrogens (tertiary/aromatic N) is 3. The predicted octanol–water partition coefficient (Wildman–Crippen LogP) is 3.96. The van der Waals surface area contributed by atoms with E-state index >= 15 is 0 Å². The Morgan fingerprint density at radius 1 is 1.45 bits per heavy atom. The second-order valence-corrected chi connectivity index (χ2v) is 9.43. The molecular weight excluding hydrogens is 459 g/mol. The molecule has 1 N–H and O–H groups in total. The largest absolute Gasteiger partial charge is 0.378 e. The van der Waals surface area contributed by atoms with Crippen LogP contribution in [0.4, 0.5) is 5.69 Å². The van der Waals surface area contributed by atoms with Crippen LogP contribution in [0.3, 0.4) is 0 Å². The van der Waals surface area contributed by atoms with Crippen molar-refractivity contribution in [3.05, 3.63) is 43.5 Å². The van der Waals surface area contributed by atoms with E-state index in [-0.39, 0.29) is 38.7 Å². The van der Waals surface area contributed by atoms with Crippen LogP contribution in [0.15, 0.2) is 27.6 Å². The molecule has 0 spiro atoms. The Kier molecular flexibility index (Phi) is 7.36. The van der Waals surface area contributed by atoms with Gasteiger partial charge in [0.15, 0.2) is 0 Å². The molecule has 2 aromatic rings. The number of rotatable bonds is 7. The zero-order chi connectivity index (χ0) is 21.1. The zero-order valence-corrected chi connectivity index (χ0v) is 18.7. The van der Waals surface area contributed by atoms with Crippen LogP contribution in [-0.2, 0) is 4.74 Å². The number of carbonyl (C=O) groups excluding carboxylic acids is 1. The summed E-state index contributed by atoms with van der Waals surface area (Å²) in [6, 6.07) is 1.09. The number of carbonyl (C=O) groups is 1. The van der Waals surface area contributed by atoms with E-state index in [0.29, 0.717) is 15.6 Å². The minimum Gasteiger partial charge on any atom is -0.378 e. The number of methoxy groups -OCH3 is 1. The van der Waals surface area contributed by atoms with Crippen molar-refractivity contribution in [3.8, 4) is 0 Å². The number of hydrogen-bond acceptors (Lipinski definition) is 8. The summed E-state index contributed by atoms with van der Waals surface area (Å²) in [6.45, 7) is 4.28. The number of pyridine rings is 1. The molecule has 0 saturated carbocycles. The van der Waals surface area contributed by atoms with E-state index in [1.54, 1.807) is 7.11 Å². The molecule has 29 heavy (non-hydrogen) atoms. The zero-order valence-electron chi connectivity index (χ0n) is 15.6. The number of likely N-dealkylation sites (N-methyl/N-ethyl adjacent to an activating group) is 1. The highest BCUT2D eigenvalue weighted by Crippen LogP contribution is 2.45. The first kappa shape index (κ1) is 22.3. The first-order valence-electron chi connectivity index (χ1n) is 8.65. The van der Waals surface area contributed by atoms with Crippen molar-refractivity contribution in [1.29, 1.82) is 0 Å². The summed E-state index contributed by atoms with van der Waals surface area (Å²) < 4.78 is 5.78. The van der Waals surface area contributed by atoms with Crippen LogP contribution in [0.1, 0.15) is 16.6 Å². The van der Waals surface area contributed by atoms with E-state index in [1.165, 1.54) is 18.5 Å². The number of thiophene rings is 1. The number of likely N-dealkylation sites (tertiary alicyclic amines) is 1. The van der Waals surface area contributed by atoms with E-state index in [2.05, 4.69) is 15.2 Å². The van der Waals surface area contributed by atoms with Gasteiger partial charge >= 0.3 is 0 Å². The molecule has 1 amide bonds. The van der Waals surface area contributed by atoms with Crippen molar-refractivity contribution < 1.29 is 14.5 Å². The van der Waals surface area contributed by atoms with Crippen molar-refractivity contribution in [3.63, 3.8) is 0 Å². The maximum Gasteiger partial charge on any atom is 0.294 e. The van der Waals surface area contributed by atoms with Gasteiger partial charge in [-0.3, -0.25) is 24.8 Å². The van der Waals surface area contributed by atoms with Gasteiger partial charge in [0.05, 0.1) is 32.0 Å². The molecule has 0 aromatic carbocycles. The Labute approximate surface area is 185 Å². The molecule has 156 valence electrons. The first-order valence-corrected chi connectivity index (χ1v) is 11.0. The van der Waals surface area contributed by atoms with Gasteiger partial charge < -0.3 is 10.1 Å². The number of ether oxygens (including phenoxy) is 1. The van der Waals surface area contributed by atoms with Crippen molar-refractivity contribution >= 4 is 57.9 Å². The molecule has 1 aliphatic heterocycles. The Hall–Kier alpha value is -1.43. The van der Waals surface area contributed by atoms with Crippen molar-refractivity contribution in [2.45, 2.75) is 28.2 Å². The van der Waals surface area contributed by atoms with Gasteiger partial charge in [0, 0.05) is 38.7 Å². The SMILES string of the molecule is CCN1C[C@H](NC(=O)c2cc([N+](=O)[O-])c(Sc3c(Cl)cncc3Cl)s2)[C@H](OC)C1. The molecule has 12 heteroatoms. The van der Waals surface area contributed by atoms with Crippen molar-refractivity contribution in [2.75, 3.05) is 26.7 Å². The molecule has 2 atom stereocenters. The molecule has 0 bridgehead atoms. The maximum absolute atomic E-state index is 12.8. The quantitative estimate of drug-likeness (QED) is 0.476. The molecule has 0 unspecified atom stereocenters. The van der Waals surface area contributed by atoms with E-state index in [1.807, 2.05) is 6.92 Å². The fourth-order valence-corrected chi connectivity index (χ4v) is 5.76. The van der Waals surface area contributed by atoms with E-state index in [0.717, 1.165) is 36.2 Å². The number of hydrogen-bond donors (Lipinski definition) is 1. The minimum atomic E-state index is -0.523. The highest BCUT2D eigenvalue weighted by molar-refractivity contribution is 8.01. The third kappa shape index (κ3) is 5.01. The fourth-order valence-electron chi connectivity index (χ4n) is 2.99. The van der Waals surface area contributed by atoms with Crippen LogP contribution < -0.4 is 5.32 Å². The average Bonchev–Trinajstić information content (AvgIpc) is 3.28. The van der Waals surface area contributed by atoms with Gasteiger partial charge in [-0.2, -0.15) is 0 Å². The summed E-state index contributed by atoms with van der Waals surface area (Å²) in [5.41, 5.74) is -0.168. The third-order valence-electron chi connectivity index (χ3n) is 4.51. The summed E-state index contributed by atoms with van der Waals surface area (Å²) in [5.74, 6) is -0.373. The lowest BCUT2D eigenvalue weighted by Crippen LogP contribution is -2.43. The van der Waals surface area contributed by atoms with Gasteiger partial charge in [0.2, 0.25) is 0 Å². The number of nitro groups is 1. The standard InChI is InChI=1S/C17H18Cl2N4O4S2/c1-3-22-7-11(13(8-22)27-2)21-16(24)14-4-12(23(25)26)17(28-14)29-15-9(18)5-20-6-10(15)19/h4-6,11,13H,3,7-8H2,1-2H3,(H,21,24)/t11-,13+/m0/s1. The minimum absolute atomic E-state index is 0.128. The average molecular weight is 477 g/mol. The van der Waals surface area contributed by atoms with Crippen molar-refractivity contribution in [1.82, 2.24) is 15.2 Å². The van der Waals surface area contributed by atoms with E-state index < -0.39 is 4.92 Å². The molecular formula is C17H18Cl2N4O4S2. The van der Waals surface area contributed by atoms with Gasteiger partial charge in [-0.25, -0.2) is 0 Å². The number of halogens is 2. The summed E-state index contributed by atoms with van der Waals surface area (Å²) in [5, 5.41) is 15.0. The topological polar surface area (TPSA) is 97.6 Å². The van der Waals surface area contributed by atoms with Gasteiger partial charge in [-0.15, -0.1) is 11.3 Å². The Bertz CT molecular complexity index is 907. The lowest BCUT2D eigenvalue weighted by atomic mass is 10.2. The number of aromatic nitrogens is 1. The summed E-state index contributed by atoms with van der Waals surface area (Å²) in [6.07, 6.45) is 2.69. The van der Waals surface area contributed by atoms with Crippen LogP contribution in [0.5, 0.6) is 0 Å². The summed E-state index contributed by atoms with van der Waals surface area (Å²) in [7, 11) is 1.61. The number of amides is 1. The molecule has 1 saturated heterocycles. The number of nitrogens with one attached hydrogen (secondary N) is 1. The van der Waals surface area contributed by atoms with Crippen LogP contribution >= 0.6 is 46.3 Å². The Balaban J connectivity index is 1.83. The third-order valence-corrected chi connectivity index (χ3v) is 7.77. The molecule has 8 nitrogen and oxygen atoms in total. The predicted molar refractivity (Wildman–Crippen MR) is 114 cm³/mol. The second kappa shape index (κ2) is 9.59. The Morgan fingerprint density at radius 2 is 2.14 bits per heavy atom.